The minimum absolute atomic E-state index is 0.0171. The van der Waals surface area contributed by atoms with Gasteiger partial charge in [-0.25, -0.2) is 15.1 Å². The van der Waals surface area contributed by atoms with Gasteiger partial charge in [0.25, 0.3) is 0 Å². The molecule has 4 rings (SSSR count). The van der Waals surface area contributed by atoms with Crippen LogP contribution in [0.2, 0.25) is 5.02 Å². The Morgan fingerprint density at radius 1 is 1.30 bits per heavy atom. The molecule has 2 atom stereocenters. The number of thioether (sulfide) groups is 1. The molecule has 1 amide bonds. The molecule has 0 aliphatic carbocycles. The number of anilines is 1. The summed E-state index contributed by atoms with van der Waals surface area (Å²) in [6.45, 7) is 9.41. The third-order valence-electron chi connectivity index (χ3n) is 5.62. The number of allylic oxidation sites excluding steroid dienone is 2. The molecule has 1 aliphatic heterocycles. The summed E-state index contributed by atoms with van der Waals surface area (Å²) in [5.41, 5.74) is 7.33. The van der Waals surface area contributed by atoms with E-state index in [-0.39, 0.29) is 27.6 Å². The monoisotopic (exact) mass is 609 g/mol. The van der Waals surface area contributed by atoms with E-state index in [1.807, 2.05) is 31.2 Å². The van der Waals surface area contributed by atoms with E-state index in [9.17, 15) is 18.0 Å². The van der Waals surface area contributed by atoms with E-state index >= 15 is 0 Å². The fraction of sp³-hybridized carbons (Fsp3) is 0.200. The van der Waals surface area contributed by atoms with E-state index in [1.54, 1.807) is 12.4 Å². The summed E-state index contributed by atoms with van der Waals surface area (Å²) < 4.78 is 44.5. The van der Waals surface area contributed by atoms with Crippen molar-refractivity contribution in [3.8, 4) is 17.1 Å². The normalized spacial score (nSPS) is 16.0. The van der Waals surface area contributed by atoms with E-state index < -0.39 is 23.5 Å². The topological polar surface area (TPSA) is 96.3 Å². The van der Waals surface area contributed by atoms with Gasteiger partial charge in [0.2, 0.25) is 5.91 Å². The highest BCUT2D eigenvalue weighted by Crippen LogP contribution is 2.39. The van der Waals surface area contributed by atoms with Crippen LogP contribution < -0.4 is 25.8 Å². The van der Waals surface area contributed by atoms with Gasteiger partial charge in [0.15, 0.2) is 22.2 Å². The minimum Gasteiger partial charge on any atom is -0.404 e. The molecule has 15 heteroatoms. The first kappa shape index (κ1) is 29.4. The van der Waals surface area contributed by atoms with Crippen molar-refractivity contribution in [1.82, 2.24) is 30.9 Å². The molecule has 210 valence electrons. The van der Waals surface area contributed by atoms with Gasteiger partial charge in [0.05, 0.1) is 17.1 Å². The van der Waals surface area contributed by atoms with Crippen LogP contribution in [-0.2, 0) is 4.79 Å². The second kappa shape index (κ2) is 12.3. The van der Waals surface area contributed by atoms with E-state index in [0.29, 0.717) is 11.5 Å². The van der Waals surface area contributed by atoms with Crippen LogP contribution in [0.3, 0.4) is 0 Å². The highest BCUT2D eigenvalue weighted by molar-refractivity contribution is 8.01. The van der Waals surface area contributed by atoms with Crippen molar-refractivity contribution in [2.45, 2.75) is 24.8 Å². The molecule has 40 heavy (non-hydrogen) atoms. The number of alkyl halides is 3. The van der Waals surface area contributed by atoms with E-state index in [1.165, 1.54) is 16.8 Å². The Hall–Kier alpha value is -3.59. The van der Waals surface area contributed by atoms with Crippen molar-refractivity contribution in [3.05, 3.63) is 78.6 Å². The quantitative estimate of drug-likeness (QED) is 0.171. The maximum absolute atomic E-state index is 12.9. The molecule has 0 saturated carbocycles. The Labute approximate surface area is 242 Å². The van der Waals surface area contributed by atoms with Crippen LogP contribution in [0.25, 0.3) is 17.1 Å². The van der Waals surface area contributed by atoms with Gasteiger partial charge >= 0.3 is 6.36 Å². The molecule has 0 bridgehead atoms. The smallest absolute Gasteiger partial charge is 0.404 e. The van der Waals surface area contributed by atoms with Crippen molar-refractivity contribution in [2.75, 3.05) is 10.7 Å². The lowest BCUT2D eigenvalue weighted by atomic mass is 10.1. The SMILES string of the molecule is C=CC(=C)n1cnc(-c2ccc(C(C)NNC(=S)NC3SCC(=O)N3c3cc(Cl)ccc3OC(F)(F)F)cc2)n1. The van der Waals surface area contributed by atoms with Crippen molar-refractivity contribution < 1.29 is 22.7 Å². The molecule has 1 aromatic heterocycles. The van der Waals surface area contributed by atoms with Crippen LogP contribution in [-0.4, -0.2) is 43.4 Å². The van der Waals surface area contributed by atoms with Gasteiger partial charge < -0.3 is 10.1 Å². The van der Waals surface area contributed by atoms with Crippen molar-refractivity contribution in [1.29, 1.82) is 0 Å². The third-order valence-corrected chi connectivity index (χ3v) is 7.13. The average molecular weight is 610 g/mol. The van der Waals surface area contributed by atoms with Crippen LogP contribution in [0.15, 0.2) is 68.0 Å². The molecule has 1 fully saturated rings. The molecule has 1 aliphatic rings. The number of halogens is 4. The number of nitrogens with one attached hydrogen (secondary N) is 3. The number of ether oxygens (including phenoxy) is 1. The lowest BCUT2D eigenvalue weighted by molar-refractivity contribution is -0.274. The number of hydrazine groups is 1. The molecule has 2 heterocycles. The Bertz CT molecular complexity index is 1430. The predicted molar refractivity (Wildman–Crippen MR) is 153 cm³/mol. The zero-order chi connectivity index (χ0) is 29.0. The number of carbonyl (C=O) groups is 1. The largest absolute Gasteiger partial charge is 0.573 e. The second-order valence-electron chi connectivity index (χ2n) is 8.38. The first-order valence-corrected chi connectivity index (χ1v) is 13.4. The second-order valence-corrected chi connectivity index (χ2v) is 10.3. The highest BCUT2D eigenvalue weighted by Gasteiger charge is 2.38. The number of hydrogen-bond donors (Lipinski definition) is 3. The standard InChI is InChI=1S/C25H23ClF3N7O2S2/c1-4-14(2)35-13-30-22(34-35)17-7-5-16(6-8-17)15(3)32-33-23(39)31-24-36(21(37)12-40-24)19-11-18(26)9-10-20(19)38-25(27,28)29/h4-11,13,15,24,32H,1-2,12H2,3H3,(H2,31,33,39). The molecule has 0 spiro atoms. The molecular weight excluding hydrogens is 587 g/mol. The van der Waals surface area contributed by atoms with Crippen LogP contribution >= 0.6 is 35.6 Å². The van der Waals surface area contributed by atoms with Gasteiger partial charge in [-0.3, -0.25) is 15.1 Å². The van der Waals surface area contributed by atoms with E-state index in [4.69, 9.17) is 23.8 Å². The van der Waals surface area contributed by atoms with Crippen molar-refractivity contribution in [3.63, 3.8) is 0 Å². The molecular formula is C25H23ClF3N7O2S2. The third kappa shape index (κ3) is 7.13. The fourth-order valence-corrected chi connectivity index (χ4v) is 5.07. The van der Waals surface area contributed by atoms with E-state index in [2.05, 4.69) is 44.1 Å². The highest BCUT2D eigenvalue weighted by atomic mass is 35.5. The Morgan fingerprint density at radius 3 is 2.70 bits per heavy atom. The zero-order valence-corrected chi connectivity index (χ0v) is 23.3. The summed E-state index contributed by atoms with van der Waals surface area (Å²) in [7, 11) is 0. The number of aromatic nitrogens is 3. The van der Waals surface area contributed by atoms with Crippen LogP contribution in [0.5, 0.6) is 5.75 Å². The number of hydrogen-bond acceptors (Lipinski definition) is 7. The number of nitrogens with zero attached hydrogens (tertiary/aromatic N) is 4. The zero-order valence-electron chi connectivity index (χ0n) is 20.9. The lowest BCUT2D eigenvalue weighted by Gasteiger charge is -2.28. The van der Waals surface area contributed by atoms with Gasteiger partial charge in [-0.15, -0.1) is 30.0 Å². The van der Waals surface area contributed by atoms with Crippen molar-refractivity contribution in [2.24, 2.45) is 0 Å². The van der Waals surface area contributed by atoms with Gasteiger partial charge in [-0.1, -0.05) is 49.0 Å². The van der Waals surface area contributed by atoms with Gasteiger partial charge in [0, 0.05) is 16.6 Å². The number of benzene rings is 2. The summed E-state index contributed by atoms with van der Waals surface area (Å²) in [5, 5.41) is 7.57. The van der Waals surface area contributed by atoms with Crippen LogP contribution in [0.4, 0.5) is 18.9 Å². The Morgan fingerprint density at radius 2 is 2.02 bits per heavy atom. The molecule has 2 aromatic carbocycles. The Balaban J connectivity index is 1.37. The number of rotatable bonds is 9. The maximum Gasteiger partial charge on any atom is 0.573 e. The first-order chi connectivity index (χ1) is 18.9. The molecule has 0 radical (unpaired) electrons. The summed E-state index contributed by atoms with van der Waals surface area (Å²) in [5.74, 6) is -0.436. The first-order valence-electron chi connectivity index (χ1n) is 11.6. The van der Waals surface area contributed by atoms with Gasteiger partial charge in [0.1, 0.15) is 6.33 Å². The predicted octanol–water partition coefficient (Wildman–Crippen LogP) is 5.25. The molecule has 3 aromatic rings. The fourth-order valence-electron chi connectivity index (χ4n) is 3.64. The molecule has 9 nitrogen and oxygen atoms in total. The summed E-state index contributed by atoms with van der Waals surface area (Å²) in [4.78, 5) is 18.0. The van der Waals surface area contributed by atoms with Gasteiger partial charge in [-0.2, -0.15) is 0 Å². The lowest BCUT2D eigenvalue weighted by Crippen LogP contribution is -2.52. The Kier molecular flexibility index (Phi) is 9.03. The van der Waals surface area contributed by atoms with Crippen LogP contribution in [0.1, 0.15) is 18.5 Å². The van der Waals surface area contributed by atoms with Crippen molar-refractivity contribution >= 4 is 58.0 Å². The van der Waals surface area contributed by atoms with E-state index in [0.717, 1.165) is 33.9 Å². The average Bonchev–Trinajstić information content (AvgIpc) is 3.54. The maximum atomic E-state index is 12.9. The molecule has 1 saturated heterocycles. The van der Waals surface area contributed by atoms with Gasteiger partial charge in [-0.05, 0) is 49.0 Å². The minimum atomic E-state index is -4.95. The van der Waals surface area contributed by atoms with Crippen LogP contribution in [0, 0.1) is 0 Å². The number of carbonyl (C=O) groups excluding carboxylic acids is 1. The summed E-state index contributed by atoms with van der Waals surface area (Å²) in [6.07, 6.45) is -1.81. The molecule has 2 unspecified atom stereocenters. The number of amides is 1. The number of thiocarbonyl (C=S) groups is 1. The summed E-state index contributed by atoms with van der Waals surface area (Å²) >= 11 is 12.5. The summed E-state index contributed by atoms with van der Waals surface area (Å²) in [6, 6.07) is 10.9. The molecule has 3 N–H and O–H groups in total.